The number of hydrogen-bond donors (Lipinski definition) is 1. The van der Waals surface area contributed by atoms with Crippen molar-refractivity contribution in [1.29, 1.82) is 5.26 Å². The fourth-order valence-corrected chi connectivity index (χ4v) is 4.75. The second kappa shape index (κ2) is 8.34. The van der Waals surface area contributed by atoms with E-state index in [0.29, 0.717) is 24.6 Å². The van der Waals surface area contributed by atoms with Gasteiger partial charge in [0, 0.05) is 6.20 Å². The molecule has 158 valence electrons. The lowest BCUT2D eigenvalue weighted by Crippen LogP contribution is -3.12. The van der Waals surface area contributed by atoms with Gasteiger partial charge < -0.3 is 9.80 Å². The average molecular weight is 437 g/mol. The number of aromatic nitrogens is 2. The van der Waals surface area contributed by atoms with Crippen LogP contribution in [0.25, 0.3) is 11.7 Å². The Morgan fingerprint density at radius 2 is 1.81 bits per heavy atom. The third-order valence-corrected chi connectivity index (χ3v) is 7.08. The van der Waals surface area contributed by atoms with Crippen LogP contribution in [0.3, 0.4) is 0 Å². The highest BCUT2D eigenvalue weighted by Crippen LogP contribution is 2.24. The maximum absolute atomic E-state index is 13.3. The van der Waals surface area contributed by atoms with Gasteiger partial charge in [0.15, 0.2) is 0 Å². The molecule has 0 aliphatic carbocycles. The van der Waals surface area contributed by atoms with Gasteiger partial charge in [-0.05, 0) is 30.3 Å². The van der Waals surface area contributed by atoms with E-state index < -0.39 is 20.3 Å². The van der Waals surface area contributed by atoms with E-state index in [0.717, 1.165) is 19.2 Å². The minimum absolute atomic E-state index is 0.00129. The number of allylic oxidation sites excluding steroid dienone is 1. The molecule has 31 heavy (non-hydrogen) atoms. The van der Waals surface area contributed by atoms with Crippen LogP contribution in [0.5, 0.6) is 0 Å². The Morgan fingerprint density at radius 3 is 2.48 bits per heavy atom. The van der Waals surface area contributed by atoms with Crippen LogP contribution in [-0.2, 0) is 9.84 Å². The third-order valence-electron chi connectivity index (χ3n) is 5.39. The number of likely N-dealkylation sites (N-methyl/N-ethyl adjacent to an activating group) is 1. The number of quaternary nitrogens is 1. The number of nitriles is 1. The molecule has 2 aromatic heterocycles. The van der Waals surface area contributed by atoms with E-state index in [1.165, 1.54) is 21.4 Å². The number of rotatable bonds is 4. The van der Waals surface area contributed by atoms with Crippen molar-refractivity contribution in [2.75, 3.05) is 38.1 Å². The molecule has 0 bridgehead atoms. The van der Waals surface area contributed by atoms with Crippen LogP contribution in [0.2, 0.25) is 0 Å². The van der Waals surface area contributed by atoms with Crippen molar-refractivity contribution >= 4 is 27.4 Å². The number of hydrogen-bond acceptors (Lipinski definition) is 6. The number of nitrogens with one attached hydrogen (secondary N) is 1. The lowest BCUT2D eigenvalue weighted by Gasteiger charge is -2.31. The second-order valence-corrected chi connectivity index (χ2v) is 9.38. The summed E-state index contributed by atoms with van der Waals surface area (Å²) in [4.78, 5) is 20.8. The molecule has 8 nitrogen and oxygen atoms in total. The van der Waals surface area contributed by atoms with Crippen LogP contribution >= 0.6 is 0 Å². The van der Waals surface area contributed by atoms with Crippen LogP contribution in [-0.4, -0.2) is 51.0 Å². The van der Waals surface area contributed by atoms with E-state index in [1.807, 2.05) is 4.90 Å². The Labute approximate surface area is 180 Å². The molecule has 1 N–H and O–H groups in total. The zero-order chi connectivity index (χ0) is 22.0. The summed E-state index contributed by atoms with van der Waals surface area (Å²) >= 11 is 0. The molecule has 0 saturated carbocycles. The Kier molecular flexibility index (Phi) is 5.59. The third kappa shape index (κ3) is 3.95. The maximum Gasteiger partial charge on any atom is 0.267 e. The number of nitrogens with zero attached hydrogens (tertiary/aromatic N) is 4. The standard InChI is InChI=1S/C22H21N5O3S/c1-25-11-13-26(14-12-25)21-19(22(28)27-10-6-5-9-20(27)24-21)15-18(16-23)31(29,30)17-7-3-2-4-8-17/h2-10,15H,11-14H2,1H3/p+1/b18-15+. The summed E-state index contributed by atoms with van der Waals surface area (Å²) in [5.74, 6) is 0.403. The summed E-state index contributed by atoms with van der Waals surface area (Å²) in [6.45, 7) is 3.09. The molecule has 3 aromatic rings. The van der Waals surface area contributed by atoms with Gasteiger partial charge in [-0.2, -0.15) is 5.26 Å². The van der Waals surface area contributed by atoms with Crippen LogP contribution in [0.1, 0.15) is 5.56 Å². The van der Waals surface area contributed by atoms with Crippen LogP contribution in [0.15, 0.2) is 69.3 Å². The van der Waals surface area contributed by atoms with Crippen molar-refractivity contribution in [1.82, 2.24) is 9.38 Å². The van der Waals surface area contributed by atoms with Gasteiger partial charge in [0.05, 0.1) is 43.7 Å². The quantitative estimate of drug-likeness (QED) is 0.593. The normalized spacial score (nSPS) is 15.7. The van der Waals surface area contributed by atoms with E-state index in [-0.39, 0.29) is 10.5 Å². The molecule has 9 heteroatoms. The van der Waals surface area contributed by atoms with E-state index >= 15 is 0 Å². The number of pyridine rings is 1. The maximum atomic E-state index is 13.3. The highest BCUT2D eigenvalue weighted by Gasteiger charge is 2.26. The van der Waals surface area contributed by atoms with E-state index in [4.69, 9.17) is 0 Å². The van der Waals surface area contributed by atoms with Gasteiger partial charge in [-0.3, -0.25) is 9.20 Å². The molecule has 1 saturated heterocycles. The van der Waals surface area contributed by atoms with Gasteiger partial charge in [0.2, 0.25) is 9.84 Å². The molecule has 0 spiro atoms. The fourth-order valence-electron chi connectivity index (χ4n) is 3.59. The highest BCUT2D eigenvalue weighted by molar-refractivity contribution is 7.95. The van der Waals surface area contributed by atoms with Gasteiger partial charge in [0.1, 0.15) is 22.4 Å². The smallest absolute Gasteiger partial charge is 0.267 e. The Morgan fingerprint density at radius 1 is 1.13 bits per heavy atom. The second-order valence-electron chi connectivity index (χ2n) is 7.46. The molecular formula is C22H22N5O3S+. The van der Waals surface area contributed by atoms with E-state index in [9.17, 15) is 18.5 Å². The van der Waals surface area contributed by atoms with Crippen LogP contribution in [0, 0.1) is 11.3 Å². The minimum Gasteiger partial charge on any atom is -0.345 e. The van der Waals surface area contributed by atoms with Crippen molar-refractivity contribution in [3.8, 4) is 6.07 Å². The summed E-state index contributed by atoms with van der Waals surface area (Å²) in [5, 5.41) is 9.68. The van der Waals surface area contributed by atoms with Gasteiger partial charge >= 0.3 is 0 Å². The predicted molar refractivity (Wildman–Crippen MR) is 118 cm³/mol. The minimum atomic E-state index is -4.07. The molecular weight excluding hydrogens is 414 g/mol. The Bertz CT molecular complexity index is 1350. The first-order chi connectivity index (χ1) is 14.9. The highest BCUT2D eigenvalue weighted by atomic mass is 32.2. The summed E-state index contributed by atoms with van der Waals surface area (Å²) in [6, 6.07) is 14.7. The lowest BCUT2D eigenvalue weighted by atomic mass is 10.2. The van der Waals surface area contributed by atoms with Crippen LogP contribution < -0.4 is 15.4 Å². The Balaban J connectivity index is 1.93. The van der Waals surface area contributed by atoms with Crippen LogP contribution in [0.4, 0.5) is 5.82 Å². The monoisotopic (exact) mass is 436 g/mol. The van der Waals surface area contributed by atoms with Crippen molar-refractivity contribution < 1.29 is 13.3 Å². The molecule has 0 radical (unpaired) electrons. The Hall–Kier alpha value is -3.48. The molecule has 0 unspecified atom stereocenters. The largest absolute Gasteiger partial charge is 0.345 e. The fraction of sp³-hybridized carbons (Fsp3) is 0.227. The first-order valence-corrected chi connectivity index (χ1v) is 11.4. The number of benzene rings is 1. The van der Waals surface area contributed by atoms with E-state index in [2.05, 4.69) is 12.0 Å². The van der Waals surface area contributed by atoms with Crippen molar-refractivity contribution in [2.24, 2.45) is 0 Å². The van der Waals surface area contributed by atoms with Gasteiger partial charge in [-0.15, -0.1) is 0 Å². The van der Waals surface area contributed by atoms with Crippen molar-refractivity contribution in [3.05, 3.63) is 75.6 Å². The number of sulfone groups is 1. The molecule has 1 aliphatic rings. The topological polar surface area (TPSA) is 100.0 Å². The van der Waals surface area contributed by atoms with Gasteiger partial charge in [-0.25, -0.2) is 13.4 Å². The lowest BCUT2D eigenvalue weighted by molar-refractivity contribution is -0.880. The summed E-state index contributed by atoms with van der Waals surface area (Å²) in [5.41, 5.74) is 0.151. The van der Waals surface area contributed by atoms with Gasteiger partial charge in [0.25, 0.3) is 5.56 Å². The number of fused-ring (bicyclic) bond motifs is 1. The van der Waals surface area contributed by atoms with E-state index in [1.54, 1.807) is 48.7 Å². The average Bonchev–Trinajstić information content (AvgIpc) is 2.79. The van der Waals surface area contributed by atoms with Gasteiger partial charge in [-0.1, -0.05) is 24.3 Å². The summed E-state index contributed by atoms with van der Waals surface area (Å²) in [6.07, 6.45) is 2.75. The first kappa shape index (κ1) is 20.8. The number of anilines is 1. The van der Waals surface area contributed by atoms with Crippen molar-refractivity contribution in [3.63, 3.8) is 0 Å². The molecule has 3 heterocycles. The predicted octanol–water partition coefficient (Wildman–Crippen LogP) is 0.368. The van der Waals surface area contributed by atoms with Crippen molar-refractivity contribution in [2.45, 2.75) is 4.90 Å². The molecule has 0 atom stereocenters. The SMILES string of the molecule is C[NH+]1CCN(c2nc3ccccn3c(=O)c2/C=C(\C#N)S(=O)(=O)c2ccccc2)CC1. The molecule has 4 rings (SSSR count). The zero-order valence-corrected chi connectivity index (χ0v) is 17.8. The molecule has 1 fully saturated rings. The zero-order valence-electron chi connectivity index (χ0n) is 17.0. The number of piperazine rings is 1. The summed E-state index contributed by atoms with van der Waals surface area (Å²) < 4.78 is 27.4. The summed E-state index contributed by atoms with van der Waals surface area (Å²) in [7, 11) is -1.98. The molecule has 1 aromatic carbocycles. The molecule has 0 amide bonds. The molecule has 1 aliphatic heterocycles. The first-order valence-electron chi connectivity index (χ1n) is 9.91.